The van der Waals surface area contributed by atoms with E-state index in [0.29, 0.717) is 11.5 Å². The zero-order valence-electron chi connectivity index (χ0n) is 14.2. The maximum atomic E-state index is 14.0. The van der Waals surface area contributed by atoms with E-state index in [1.54, 1.807) is 0 Å². The van der Waals surface area contributed by atoms with Gasteiger partial charge in [0.15, 0.2) is 0 Å². The molecular formula is C19H27FN2O. The van der Waals surface area contributed by atoms with Crippen LogP contribution in [0.2, 0.25) is 0 Å². The fourth-order valence-electron chi connectivity index (χ4n) is 3.56. The molecule has 126 valence electrons. The van der Waals surface area contributed by atoms with Crippen LogP contribution in [-0.2, 0) is 11.3 Å². The number of nitrogens with zero attached hydrogens (tertiary/aromatic N) is 1. The van der Waals surface area contributed by atoms with E-state index in [2.05, 4.69) is 10.2 Å². The van der Waals surface area contributed by atoms with Crippen molar-refractivity contribution in [2.45, 2.75) is 46.1 Å². The van der Waals surface area contributed by atoms with Crippen molar-refractivity contribution in [1.82, 2.24) is 10.2 Å². The molecule has 3 rings (SSSR count). The maximum Gasteiger partial charge on any atom is 0.223 e. The third-order valence-electron chi connectivity index (χ3n) is 5.50. The molecule has 1 N–H and O–H groups in total. The number of rotatable bonds is 5. The lowest BCUT2D eigenvalue weighted by Gasteiger charge is -2.25. The molecule has 3 nitrogen and oxygen atoms in total. The minimum Gasteiger partial charge on any atom is -0.356 e. The van der Waals surface area contributed by atoms with Crippen LogP contribution in [0.3, 0.4) is 0 Å². The number of amides is 1. The molecule has 1 heterocycles. The monoisotopic (exact) mass is 318 g/mol. The third-order valence-corrected chi connectivity index (χ3v) is 5.50. The van der Waals surface area contributed by atoms with Crippen molar-refractivity contribution in [2.24, 2.45) is 11.8 Å². The van der Waals surface area contributed by atoms with Crippen molar-refractivity contribution >= 4 is 5.91 Å². The van der Waals surface area contributed by atoms with Gasteiger partial charge >= 0.3 is 0 Å². The van der Waals surface area contributed by atoms with Gasteiger partial charge in [-0.25, -0.2) is 4.39 Å². The van der Waals surface area contributed by atoms with Gasteiger partial charge in [0, 0.05) is 25.6 Å². The number of halogens is 1. The van der Waals surface area contributed by atoms with Crippen molar-refractivity contribution in [3.05, 3.63) is 34.6 Å². The van der Waals surface area contributed by atoms with Crippen LogP contribution in [-0.4, -0.2) is 30.4 Å². The topological polar surface area (TPSA) is 32.3 Å². The molecule has 0 spiro atoms. The van der Waals surface area contributed by atoms with E-state index < -0.39 is 0 Å². The van der Waals surface area contributed by atoms with Gasteiger partial charge in [-0.2, -0.15) is 0 Å². The van der Waals surface area contributed by atoms with Crippen molar-refractivity contribution in [2.75, 3.05) is 19.6 Å². The molecule has 1 aromatic carbocycles. The second kappa shape index (κ2) is 7.00. The fourth-order valence-corrected chi connectivity index (χ4v) is 3.56. The smallest absolute Gasteiger partial charge is 0.223 e. The summed E-state index contributed by atoms with van der Waals surface area (Å²) in [4.78, 5) is 14.3. The molecule has 0 aromatic heterocycles. The van der Waals surface area contributed by atoms with E-state index in [0.717, 1.165) is 56.6 Å². The average molecular weight is 318 g/mol. The highest BCUT2D eigenvalue weighted by molar-refractivity contribution is 5.79. The summed E-state index contributed by atoms with van der Waals surface area (Å²) in [6.45, 7) is 7.27. The predicted octanol–water partition coefficient (Wildman–Crippen LogP) is 3.18. The van der Waals surface area contributed by atoms with Crippen LogP contribution in [0.4, 0.5) is 4.39 Å². The predicted molar refractivity (Wildman–Crippen MR) is 89.6 cm³/mol. The molecule has 1 aliphatic carbocycles. The van der Waals surface area contributed by atoms with Gasteiger partial charge in [0.2, 0.25) is 5.91 Å². The largest absolute Gasteiger partial charge is 0.356 e. The molecule has 2 fully saturated rings. The Bertz CT molecular complexity index is 583. The molecule has 0 bridgehead atoms. The molecule has 0 unspecified atom stereocenters. The number of hydrogen-bond donors (Lipinski definition) is 1. The number of hydrogen-bond acceptors (Lipinski definition) is 2. The van der Waals surface area contributed by atoms with Crippen LogP contribution in [0.15, 0.2) is 12.1 Å². The highest BCUT2D eigenvalue weighted by Gasteiger charge is 2.27. The Morgan fingerprint density at radius 1 is 1.30 bits per heavy atom. The lowest BCUT2D eigenvalue weighted by atomic mass is 9.85. The third kappa shape index (κ3) is 3.74. The molecule has 1 aromatic rings. The van der Waals surface area contributed by atoms with Crippen LogP contribution < -0.4 is 5.32 Å². The first-order chi connectivity index (χ1) is 11.0. The van der Waals surface area contributed by atoms with E-state index >= 15 is 0 Å². The molecule has 1 atom stereocenters. The van der Waals surface area contributed by atoms with Gasteiger partial charge in [-0.05, 0) is 62.3 Å². The molecule has 4 heteroatoms. The number of nitrogens with one attached hydrogen (secondary N) is 1. The minimum atomic E-state index is -0.0778. The number of benzene rings is 1. The van der Waals surface area contributed by atoms with Crippen LogP contribution in [0.1, 0.15) is 42.4 Å². The molecule has 23 heavy (non-hydrogen) atoms. The van der Waals surface area contributed by atoms with Crippen LogP contribution >= 0.6 is 0 Å². The summed E-state index contributed by atoms with van der Waals surface area (Å²) in [5.41, 5.74) is 2.56. The Kier molecular flexibility index (Phi) is 5.00. The van der Waals surface area contributed by atoms with Gasteiger partial charge in [0.05, 0.1) is 0 Å². The maximum absolute atomic E-state index is 14.0. The Morgan fingerprint density at radius 3 is 2.78 bits per heavy atom. The Labute approximate surface area is 138 Å². The first-order valence-corrected chi connectivity index (χ1v) is 8.79. The lowest BCUT2D eigenvalue weighted by Crippen LogP contribution is -2.37. The van der Waals surface area contributed by atoms with Gasteiger partial charge in [0.25, 0.3) is 0 Å². The van der Waals surface area contributed by atoms with Gasteiger partial charge < -0.3 is 5.32 Å². The van der Waals surface area contributed by atoms with Gasteiger partial charge in [-0.1, -0.05) is 18.6 Å². The Morgan fingerprint density at radius 2 is 2.09 bits per heavy atom. The highest BCUT2D eigenvalue weighted by atomic mass is 19.1. The quantitative estimate of drug-likeness (QED) is 0.904. The highest BCUT2D eigenvalue weighted by Crippen LogP contribution is 2.27. The van der Waals surface area contributed by atoms with Crippen LogP contribution in [0.5, 0.6) is 0 Å². The zero-order chi connectivity index (χ0) is 16.4. The summed E-state index contributed by atoms with van der Waals surface area (Å²) in [6, 6.07) is 3.91. The zero-order valence-corrected chi connectivity index (χ0v) is 14.2. The summed E-state index contributed by atoms with van der Waals surface area (Å²) in [5.74, 6) is 0.956. The molecule has 1 amide bonds. The molecule has 1 saturated heterocycles. The van der Waals surface area contributed by atoms with Crippen molar-refractivity contribution in [1.29, 1.82) is 0 Å². The summed E-state index contributed by atoms with van der Waals surface area (Å²) < 4.78 is 14.0. The normalized spacial score (nSPS) is 22.1. The molecule has 2 aliphatic rings. The van der Waals surface area contributed by atoms with Crippen LogP contribution in [0, 0.1) is 31.5 Å². The average Bonchev–Trinajstić information content (AvgIpc) is 2.92. The number of aryl methyl sites for hydroxylation is 1. The van der Waals surface area contributed by atoms with Gasteiger partial charge in [-0.3, -0.25) is 9.69 Å². The van der Waals surface area contributed by atoms with Crippen molar-refractivity contribution in [3.8, 4) is 0 Å². The summed E-state index contributed by atoms with van der Waals surface area (Å²) in [5, 5.41) is 3.11. The first-order valence-electron chi connectivity index (χ1n) is 8.79. The Hall–Kier alpha value is -1.42. The molecular weight excluding hydrogens is 291 g/mol. The van der Waals surface area contributed by atoms with Crippen molar-refractivity contribution in [3.63, 3.8) is 0 Å². The van der Waals surface area contributed by atoms with E-state index in [4.69, 9.17) is 0 Å². The van der Waals surface area contributed by atoms with E-state index in [9.17, 15) is 9.18 Å². The first kappa shape index (κ1) is 16.4. The second-order valence-corrected chi connectivity index (χ2v) is 7.24. The van der Waals surface area contributed by atoms with E-state index in [1.807, 2.05) is 26.0 Å². The van der Waals surface area contributed by atoms with E-state index in [-0.39, 0.29) is 17.6 Å². The van der Waals surface area contributed by atoms with Crippen molar-refractivity contribution < 1.29 is 9.18 Å². The standard InChI is InChI=1S/C19H27FN2O/c1-13-6-7-17(14(2)18(13)20)12-22-9-8-15(11-22)10-21-19(23)16-4-3-5-16/h6-7,15-16H,3-5,8-12H2,1-2H3,(H,21,23)/t15-/m1/s1. The summed E-state index contributed by atoms with van der Waals surface area (Å²) in [6.07, 6.45) is 4.42. The van der Waals surface area contributed by atoms with E-state index in [1.165, 1.54) is 6.42 Å². The minimum absolute atomic E-state index is 0.0778. The SMILES string of the molecule is Cc1ccc(CN2CC[C@H](CNC(=O)C3CCC3)C2)c(C)c1F. The molecule has 0 radical (unpaired) electrons. The number of carbonyl (C=O) groups excluding carboxylic acids is 1. The summed E-state index contributed by atoms with van der Waals surface area (Å²) >= 11 is 0. The molecule has 1 aliphatic heterocycles. The Balaban J connectivity index is 1.48. The van der Waals surface area contributed by atoms with Gasteiger partial charge in [0.1, 0.15) is 5.82 Å². The number of likely N-dealkylation sites (tertiary alicyclic amines) is 1. The lowest BCUT2D eigenvalue weighted by molar-refractivity contribution is -0.127. The summed E-state index contributed by atoms with van der Waals surface area (Å²) in [7, 11) is 0. The van der Waals surface area contributed by atoms with Crippen LogP contribution in [0.25, 0.3) is 0 Å². The molecule has 1 saturated carbocycles. The van der Waals surface area contributed by atoms with Gasteiger partial charge in [-0.15, -0.1) is 0 Å². The second-order valence-electron chi connectivity index (χ2n) is 7.24. The fraction of sp³-hybridized carbons (Fsp3) is 0.632. The number of carbonyl (C=O) groups is 1.